The highest BCUT2D eigenvalue weighted by atomic mass is 35.5. The van der Waals surface area contributed by atoms with E-state index < -0.39 is 23.6 Å². The fourth-order valence-corrected chi connectivity index (χ4v) is 3.50. The number of aliphatic hydroxyl groups excluding tert-OH is 2. The van der Waals surface area contributed by atoms with Crippen LogP contribution in [-0.4, -0.2) is 34.0 Å². The molecule has 3 N–H and O–H groups in total. The van der Waals surface area contributed by atoms with Crippen molar-refractivity contribution in [2.75, 3.05) is 0 Å². The van der Waals surface area contributed by atoms with E-state index in [0.717, 1.165) is 18.4 Å². The van der Waals surface area contributed by atoms with Gasteiger partial charge in [-0.3, -0.25) is 5.32 Å². The van der Waals surface area contributed by atoms with Gasteiger partial charge in [-0.2, -0.15) is 0 Å². The first-order chi connectivity index (χ1) is 11.4. The molecular weight excluding hydrogens is 329 g/mol. The monoisotopic (exact) mass is 355 g/mol. The number of halogens is 2. The zero-order chi connectivity index (χ0) is 17.7. The van der Waals surface area contributed by atoms with Crippen LogP contribution < -0.4 is 5.32 Å². The van der Waals surface area contributed by atoms with Gasteiger partial charge in [-0.25, -0.2) is 4.39 Å². The second kappa shape index (κ2) is 8.95. The number of aliphatic hydroxyl groups is 2. The lowest BCUT2D eigenvalue weighted by Gasteiger charge is -2.32. The van der Waals surface area contributed by atoms with E-state index in [-0.39, 0.29) is 17.8 Å². The molecule has 0 aromatic rings. The molecule has 0 fully saturated rings. The van der Waals surface area contributed by atoms with Crippen molar-refractivity contribution in [2.24, 2.45) is 11.8 Å². The molecule has 0 aromatic carbocycles. The molecule has 0 heterocycles. The summed E-state index contributed by atoms with van der Waals surface area (Å²) >= 11 is 6.19. The lowest BCUT2D eigenvalue weighted by molar-refractivity contribution is -0.00932. The third-order valence-corrected chi connectivity index (χ3v) is 5.19. The molecule has 6 atom stereocenters. The van der Waals surface area contributed by atoms with E-state index in [1.165, 1.54) is 12.2 Å². The van der Waals surface area contributed by atoms with Crippen molar-refractivity contribution in [3.05, 3.63) is 47.9 Å². The quantitative estimate of drug-likeness (QED) is 0.483. The highest BCUT2D eigenvalue weighted by molar-refractivity contribution is 6.22. The third-order valence-electron chi connectivity index (χ3n) is 4.74. The van der Waals surface area contributed by atoms with Crippen LogP contribution in [-0.2, 0) is 0 Å². The Labute approximate surface area is 148 Å². The second-order valence-electron chi connectivity index (χ2n) is 6.68. The van der Waals surface area contributed by atoms with E-state index in [4.69, 9.17) is 11.6 Å². The van der Waals surface area contributed by atoms with Gasteiger partial charge < -0.3 is 10.2 Å². The maximum absolute atomic E-state index is 13.2. The van der Waals surface area contributed by atoms with Gasteiger partial charge in [-0.05, 0) is 56.8 Å². The Kier molecular flexibility index (Phi) is 7.23. The molecule has 2 aliphatic rings. The molecule has 0 saturated carbocycles. The Hall–Kier alpha value is -0.940. The largest absolute Gasteiger partial charge is 0.393 e. The molecule has 0 spiro atoms. The van der Waals surface area contributed by atoms with Gasteiger partial charge in [-0.15, -0.1) is 11.6 Å². The molecule has 2 aliphatic carbocycles. The van der Waals surface area contributed by atoms with E-state index in [1.807, 2.05) is 6.92 Å². The van der Waals surface area contributed by atoms with Crippen LogP contribution in [0.1, 0.15) is 33.1 Å². The minimum atomic E-state index is -0.871. The molecule has 0 aliphatic heterocycles. The summed E-state index contributed by atoms with van der Waals surface area (Å²) in [6.45, 7) is 3.65. The Bertz CT molecular complexity index is 541. The minimum Gasteiger partial charge on any atom is -0.393 e. The van der Waals surface area contributed by atoms with Crippen LogP contribution in [0.2, 0.25) is 0 Å². The number of hydrogen-bond acceptors (Lipinski definition) is 3. The highest BCUT2D eigenvalue weighted by Gasteiger charge is 2.31. The van der Waals surface area contributed by atoms with Gasteiger partial charge in [0, 0.05) is 12.0 Å². The van der Waals surface area contributed by atoms with Crippen molar-refractivity contribution in [3.63, 3.8) is 0 Å². The molecule has 0 saturated heterocycles. The maximum Gasteiger partial charge on any atom is 0.120 e. The average Bonchev–Trinajstić information content (AvgIpc) is 2.54. The summed E-state index contributed by atoms with van der Waals surface area (Å²) in [6.07, 6.45) is 11.8. The average molecular weight is 356 g/mol. The molecule has 0 radical (unpaired) electrons. The van der Waals surface area contributed by atoms with Crippen LogP contribution in [0, 0.1) is 11.8 Å². The molecule has 5 heteroatoms. The van der Waals surface area contributed by atoms with Gasteiger partial charge in [0.2, 0.25) is 0 Å². The predicted octanol–water partition coefficient (Wildman–Crippen LogP) is 3.59. The van der Waals surface area contributed by atoms with E-state index in [0.29, 0.717) is 6.42 Å². The summed E-state index contributed by atoms with van der Waals surface area (Å²) in [5.74, 6) is -0.861. The van der Waals surface area contributed by atoms with Gasteiger partial charge >= 0.3 is 0 Å². The van der Waals surface area contributed by atoms with Crippen molar-refractivity contribution >= 4 is 11.6 Å². The fraction of sp³-hybridized carbons (Fsp3) is 0.579. The number of allylic oxidation sites excluding steroid dienone is 6. The second-order valence-corrected chi connectivity index (χ2v) is 7.18. The third kappa shape index (κ3) is 5.28. The lowest BCUT2D eigenvalue weighted by atomic mass is 9.85. The molecule has 24 heavy (non-hydrogen) atoms. The first-order valence-corrected chi connectivity index (χ1v) is 9.00. The molecule has 5 unspecified atom stereocenters. The zero-order valence-electron chi connectivity index (χ0n) is 14.2. The molecule has 0 bridgehead atoms. The smallest absolute Gasteiger partial charge is 0.120 e. The molecule has 134 valence electrons. The van der Waals surface area contributed by atoms with Gasteiger partial charge in [0.25, 0.3) is 0 Å². The summed E-state index contributed by atoms with van der Waals surface area (Å²) < 4.78 is 13.2. The van der Waals surface area contributed by atoms with Crippen LogP contribution >= 0.6 is 11.6 Å². The van der Waals surface area contributed by atoms with Crippen LogP contribution in [0.3, 0.4) is 0 Å². The first kappa shape index (κ1) is 19.4. The molecule has 0 aromatic heterocycles. The summed E-state index contributed by atoms with van der Waals surface area (Å²) in [6, 6.07) is -0.0103. The van der Waals surface area contributed by atoms with Crippen LogP contribution in [0.5, 0.6) is 0 Å². The summed E-state index contributed by atoms with van der Waals surface area (Å²) in [7, 11) is 0. The van der Waals surface area contributed by atoms with Crippen molar-refractivity contribution < 1.29 is 14.6 Å². The van der Waals surface area contributed by atoms with Crippen molar-refractivity contribution in [1.82, 2.24) is 5.32 Å². The number of nitrogens with one attached hydrogen (secondary N) is 1. The van der Waals surface area contributed by atoms with Gasteiger partial charge in [-0.1, -0.05) is 24.3 Å². The Balaban J connectivity index is 1.98. The van der Waals surface area contributed by atoms with Gasteiger partial charge in [0.05, 0.1) is 11.5 Å². The molecule has 0 amide bonds. The van der Waals surface area contributed by atoms with E-state index in [1.54, 1.807) is 13.0 Å². The van der Waals surface area contributed by atoms with Crippen molar-refractivity contribution in [2.45, 2.75) is 56.9 Å². The van der Waals surface area contributed by atoms with Gasteiger partial charge in [0.15, 0.2) is 0 Å². The minimum absolute atomic E-state index is 0.0103. The normalized spacial score (nSPS) is 28.8. The number of rotatable bonds is 7. The SMILES string of the molecule is CC(O)C(CC1C=CC(F)=CC1Cl)C(O)N[C@@H](C)C1=CCCC=C1. The summed E-state index contributed by atoms with van der Waals surface area (Å²) in [5, 5.41) is 23.4. The first-order valence-electron chi connectivity index (χ1n) is 8.57. The van der Waals surface area contributed by atoms with Crippen molar-refractivity contribution in [3.8, 4) is 0 Å². The highest BCUT2D eigenvalue weighted by Crippen LogP contribution is 2.30. The Morgan fingerprint density at radius 2 is 2.04 bits per heavy atom. The van der Waals surface area contributed by atoms with E-state index in [2.05, 4.69) is 23.5 Å². The molecule has 3 nitrogen and oxygen atoms in total. The van der Waals surface area contributed by atoms with Crippen LogP contribution in [0.15, 0.2) is 47.9 Å². The molecule has 2 rings (SSSR count). The van der Waals surface area contributed by atoms with Gasteiger partial charge in [0.1, 0.15) is 12.1 Å². The van der Waals surface area contributed by atoms with E-state index in [9.17, 15) is 14.6 Å². The number of alkyl halides is 1. The number of hydrogen-bond donors (Lipinski definition) is 3. The van der Waals surface area contributed by atoms with Crippen LogP contribution in [0.4, 0.5) is 4.39 Å². The summed E-state index contributed by atoms with van der Waals surface area (Å²) in [5.41, 5.74) is 1.14. The van der Waals surface area contributed by atoms with Crippen molar-refractivity contribution in [1.29, 1.82) is 0 Å². The zero-order valence-corrected chi connectivity index (χ0v) is 15.0. The maximum atomic E-state index is 13.2. The topological polar surface area (TPSA) is 52.5 Å². The Morgan fingerprint density at radius 1 is 1.29 bits per heavy atom. The fourth-order valence-electron chi connectivity index (χ4n) is 3.20. The lowest BCUT2D eigenvalue weighted by Crippen LogP contribution is -2.46. The predicted molar refractivity (Wildman–Crippen MR) is 96.3 cm³/mol. The van der Waals surface area contributed by atoms with E-state index >= 15 is 0 Å². The summed E-state index contributed by atoms with van der Waals surface area (Å²) in [4.78, 5) is 0. The Morgan fingerprint density at radius 3 is 2.62 bits per heavy atom. The molecular formula is C19H27ClFNO2. The standard InChI is InChI=1S/C19H27ClFNO2/c1-12(14-6-4-3-5-7-14)22-19(24)17(13(2)23)10-15-8-9-16(21)11-18(15)20/h4,6-9,11-13,15,17-19,22-24H,3,5,10H2,1-2H3/t12-,13?,15?,17?,18?,19?/m0/s1. The van der Waals surface area contributed by atoms with Crippen LogP contribution in [0.25, 0.3) is 0 Å².